The number of carboxylic acids is 2. The van der Waals surface area contributed by atoms with Gasteiger partial charge >= 0.3 is 11.9 Å². The van der Waals surface area contributed by atoms with E-state index in [-0.39, 0.29) is 46.8 Å². The number of carboxylic acid groups (broad SMARTS) is 2. The number of aryl methyl sites for hydroxylation is 1. The third kappa shape index (κ3) is 5.72. The number of fused-ring (bicyclic) bond motifs is 3. The molecule has 2 saturated heterocycles. The molecule has 262 valence electrons. The number of hydrogen-bond acceptors (Lipinski definition) is 13. The van der Waals surface area contributed by atoms with Gasteiger partial charge in [-0.1, -0.05) is 35.5 Å². The maximum atomic E-state index is 12.9. The molecule has 7 rings (SSSR count). The first-order valence-electron chi connectivity index (χ1n) is 15.1. The van der Waals surface area contributed by atoms with Crippen LogP contribution in [-0.2, 0) is 27.4 Å². The number of benzene rings is 2. The highest BCUT2D eigenvalue weighted by molar-refractivity contribution is 8.01. The van der Waals surface area contributed by atoms with E-state index in [1.165, 1.54) is 23.6 Å². The number of aliphatic carboxylic acids is 1. The quantitative estimate of drug-likeness (QED) is 0.129. The number of phenols is 2. The van der Waals surface area contributed by atoms with Gasteiger partial charge in [0.2, 0.25) is 5.91 Å². The number of aliphatic hydroxyl groups is 1. The molecule has 4 atom stereocenters. The number of β-lactam (4-membered cyclic amide) rings is 1. The number of rotatable bonds is 5. The first kappa shape index (κ1) is 34.5. The van der Waals surface area contributed by atoms with Crippen LogP contribution < -0.4 is 10.7 Å². The SMILES string of the molecule is CC1(O)Cc2oc3cc(O)c(O)c(C(=O)O)c3c(=O)c2CO1.Cc1onc(-c2ccccc2)c1C(=O)N[C@@H]1C(=O)N2[C@@H]1SC(C)(C)[C@@H]2C(=O)O. The Bertz CT molecular complexity index is 2140. The van der Waals surface area contributed by atoms with Gasteiger partial charge in [0.15, 0.2) is 22.7 Å². The average Bonchev–Trinajstić information content (AvgIpc) is 3.55. The van der Waals surface area contributed by atoms with Crippen LogP contribution >= 0.6 is 11.8 Å². The second-order valence-electron chi connectivity index (χ2n) is 12.6. The third-order valence-electron chi connectivity index (χ3n) is 8.64. The van der Waals surface area contributed by atoms with Gasteiger partial charge in [-0.3, -0.25) is 14.4 Å². The Morgan fingerprint density at radius 3 is 2.38 bits per heavy atom. The Balaban J connectivity index is 0.000000178. The topological polar surface area (TPSA) is 250 Å². The van der Waals surface area contributed by atoms with E-state index in [0.29, 0.717) is 11.5 Å². The highest BCUT2D eigenvalue weighted by atomic mass is 32.2. The predicted octanol–water partition coefficient (Wildman–Crippen LogP) is 2.58. The van der Waals surface area contributed by atoms with Crippen LogP contribution in [0.3, 0.4) is 0 Å². The molecule has 3 aliphatic rings. The minimum absolute atomic E-state index is 0.0756. The molecule has 17 heteroatoms. The van der Waals surface area contributed by atoms with Crippen molar-refractivity contribution in [3.05, 3.63) is 74.8 Å². The molecule has 0 radical (unpaired) electrons. The van der Waals surface area contributed by atoms with Crippen LogP contribution in [0.5, 0.6) is 11.5 Å². The van der Waals surface area contributed by atoms with Crippen molar-refractivity contribution in [2.45, 2.75) is 68.7 Å². The summed E-state index contributed by atoms with van der Waals surface area (Å²) in [6.45, 7) is 6.37. The van der Waals surface area contributed by atoms with E-state index < -0.39 is 68.3 Å². The number of phenolic OH excluding ortho intramolecular Hbond substituents is 1. The van der Waals surface area contributed by atoms with Gasteiger partial charge in [-0.2, -0.15) is 0 Å². The maximum absolute atomic E-state index is 12.9. The summed E-state index contributed by atoms with van der Waals surface area (Å²) in [4.78, 5) is 62.2. The van der Waals surface area contributed by atoms with Crippen LogP contribution in [0, 0.1) is 6.92 Å². The van der Waals surface area contributed by atoms with Crippen LogP contribution in [0.2, 0.25) is 0 Å². The van der Waals surface area contributed by atoms with Crippen molar-refractivity contribution in [2.24, 2.45) is 0 Å². The Labute approximate surface area is 286 Å². The highest BCUT2D eigenvalue weighted by Crippen LogP contribution is 2.51. The van der Waals surface area contributed by atoms with Crippen LogP contribution in [0.25, 0.3) is 22.2 Å². The summed E-state index contributed by atoms with van der Waals surface area (Å²) >= 11 is 1.38. The van der Waals surface area contributed by atoms with Gasteiger partial charge in [-0.25, -0.2) is 9.59 Å². The van der Waals surface area contributed by atoms with E-state index in [1.54, 1.807) is 20.8 Å². The molecule has 2 fully saturated rings. The number of carbonyl (C=O) groups is 4. The number of carbonyl (C=O) groups excluding carboxylic acids is 2. The number of hydrogen-bond donors (Lipinski definition) is 6. The highest BCUT2D eigenvalue weighted by Gasteiger charge is 2.64. The molecule has 2 aromatic heterocycles. The van der Waals surface area contributed by atoms with Crippen molar-refractivity contribution in [1.29, 1.82) is 0 Å². The summed E-state index contributed by atoms with van der Waals surface area (Å²) in [5.41, 5.74) is -0.117. The van der Waals surface area contributed by atoms with Crippen molar-refractivity contribution in [3.8, 4) is 22.8 Å². The van der Waals surface area contributed by atoms with Gasteiger partial charge in [0.1, 0.15) is 51.4 Å². The molecule has 16 nitrogen and oxygen atoms in total. The molecular weight excluding hydrogens is 678 g/mol. The van der Waals surface area contributed by atoms with Crippen molar-refractivity contribution < 1.29 is 58.4 Å². The zero-order valence-electron chi connectivity index (χ0n) is 26.9. The van der Waals surface area contributed by atoms with E-state index in [4.69, 9.17) is 13.7 Å². The lowest BCUT2D eigenvalue weighted by molar-refractivity contribution is -0.207. The Morgan fingerprint density at radius 2 is 1.74 bits per heavy atom. The van der Waals surface area contributed by atoms with Crippen molar-refractivity contribution in [2.75, 3.05) is 0 Å². The van der Waals surface area contributed by atoms with Gasteiger partial charge < -0.3 is 49.4 Å². The van der Waals surface area contributed by atoms with Gasteiger partial charge in [-0.15, -0.1) is 11.8 Å². The molecule has 4 aromatic rings. The molecule has 0 bridgehead atoms. The molecule has 2 aromatic carbocycles. The Hall–Kier alpha value is -5.39. The molecule has 0 spiro atoms. The predicted molar refractivity (Wildman–Crippen MR) is 174 cm³/mol. The number of aromatic nitrogens is 1. The van der Waals surface area contributed by atoms with Crippen molar-refractivity contribution in [1.82, 2.24) is 15.4 Å². The molecule has 6 N–H and O–H groups in total. The molecule has 50 heavy (non-hydrogen) atoms. The fourth-order valence-electron chi connectivity index (χ4n) is 6.28. The van der Waals surface area contributed by atoms with Crippen LogP contribution in [0.15, 0.2) is 50.1 Å². The minimum atomic E-state index is -1.57. The second kappa shape index (κ2) is 12.2. The number of thioether (sulfide) groups is 1. The smallest absolute Gasteiger partial charge is 0.340 e. The average molecular weight is 710 g/mol. The normalized spacial score (nSPS) is 23.3. The largest absolute Gasteiger partial charge is 0.504 e. The van der Waals surface area contributed by atoms with Gasteiger partial charge in [0.25, 0.3) is 5.91 Å². The number of ether oxygens (including phenoxy) is 1. The standard InChI is InChI=1S/C19H19N3O5S.C14H12O8/c1-9-11(12(21-27-9)10-7-5-4-6-8-10)15(23)20-13-16(24)22-14(18(25)26)19(2,3)28-17(13)22;1-14(20)3-8-5(4-21-14)11(16)9-7(22-8)2-6(15)12(17)10(9)13(18)19/h4-8,13-14,17H,1-3H3,(H,20,23)(H,25,26);2,15,17,20H,3-4H2,1H3,(H,18,19)/t13-,14+,17-;/m1./s1. The van der Waals surface area contributed by atoms with E-state index in [1.807, 2.05) is 30.3 Å². The summed E-state index contributed by atoms with van der Waals surface area (Å²) in [6, 6.07) is 8.42. The molecule has 0 aliphatic carbocycles. The summed E-state index contributed by atoms with van der Waals surface area (Å²) in [5, 5.41) is 53.8. The number of nitrogens with zero attached hydrogens (tertiary/aromatic N) is 2. The van der Waals surface area contributed by atoms with E-state index >= 15 is 0 Å². The fourth-order valence-corrected chi connectivity index (χ4v) is 7.90. The lowest BCUT2D eigenvalue weighted by atomic mass is 9.95. The summed E-state index contributed by atoms with van der Waals surface area (Å²) in [5.74, 6) is -6.10. The molecule has 0 saturated carbocycles. The zero-order chi connectivity index (χ0) is 36.4. The lowest BCUT2D eigenvalue weighted by Crippen LogP contribution is -2.70. The van der Waals surface area contributed by atoms with Gasteiger partial charge in [-0.05, 0) is 27.7 Å². The fraction of sp³-hybridized carbons (Fsp3) is 0.333. The lowest BCUT2D eigenvalue weighted by Gasteiger charge is -2.43. The summed E-state index contributed by atoms with van der Waals surface area (Å²) in [7, 11) is 0. The Morgan fingerprint density at radius 1 is 1.06 bits per heavy atom. The van der Waals surface area contributed by atoms with Gasteiger partial charge in [0, 0.05) is 16.4 Å². The maximum Gasteiger partial charge on any atom is 0.340 e. The number of nitrogens with one attached hydrogen (secondary N) is 1. The number of aromatic hydroxyl groups is 2. The van der Waals surface area contributed by atoms with Crippen LogP contribution in [-0.4, -0.2) is 87.3 Å². The Kier molecular flexibility index (Phi) is 8.40. The van der Waals surface area contributed by atoms with E-state index in [9.17, 15) is 49.5 Å². The second-order valence-corrected chi connectivity index (χ2v) is 14.4. The van der Waals surface area contributed by atoms with Crippen molar-refractivity contribution >= 4 is 46.5 Å². The molecule has 2 amide bonds. The summed E-state index contributed by atoms with van der Waals surface area (Å²) < 4.78 is 15.1. The molecule has 5 heterocycles. The number of amides is 2. The first-order valence-corrected chi connectivity index (χ1v) is 16.0. The molecule has 1 unspecified atom stereocenters. The van der Waals surface area contributed by atoms with E-state index in [2.05, 4.69) is 10.5 Å². The van der Waals surface area contributed by atoms with Crippen molar-refractivity contribution in [3.63, 3.8) is 0 Å². The van der Waals surface area contributed by atoms with Crippen LogP contribution in [0.4, 0.5) is 0 Å². The van der Waals surface area contributed by atoms with E-state index in [0.717, 1.165) is 11.6 Å². The van der Waals surface area contributed by atoms with Crippen LogP contribution in [0.1, 0.15) is 58.6 Å². The van der Waals surface area contributed by atoms with Gasteiger partial charge in [0.05, 0.1) is 24.0 Å². The zero-order valence-corrected chi connectivity index (χ0v) is 27.7. The number of aromatic carboxylic acids is 1. The third-order valence-corrected chi connectivity index (χ3v) is 10.2. The summed E-state index contributed by atoms with van der Waals surface area (Å²) in [6.07, 6.45) is -0.0996. The molecular formula is C33H31N3O13S. The molecule has 3 aliphatic heterocycles. The first-order chi connectivity index (χ1) is 23.4. The monoisotopic (exact) mass is 709 g/mol. The minimum Gasteiger partial charge on any atom is -0.504 e.